The number of halogens is 1. The van der Waals surface area contributed by atoms with Crippen LogP contribution < -0.4 is 4.74 Å². The number of methoxy groups -OCH3 is 1. The average molecular weight is 245 g/mol. The van der Waals surface area contributed by atoms with E-state index in [1.54, 1.807) is 18.2 Å². The first kappa shape index (κ1) is 12.8. The first-order valence-corrected chi connectivity index (χ1v) is 5.12. The van der Waals surface area contributed by atoms with E-state index in [9.17, 15) is 4.79 Å². The van der Waals surface area contributed by atoms with Gasteiger partial charge in [0.2, 0.25) is 0 Å². The van der Waals surface area contributed by atoms with Crippen molar-refractivity contribution in [2.45, 2.75) is 13.3 Å². The summed E-state index contributed by atoms with van der Waals surface area (Å²) in [4.78, 5) is 11.4. The molecule has 0 fully saturated rings. The molecule has 0 saturated heterocycles. The second-order valence-electron chi connectivity index (χ2n) is 3.05. The number of ether oxygens (including phenoxy) is 2. The molecule has 0 amide bonds. The van der Waals surface area contributed by atoms with E-state index in [0.717, 1.165) is 5.56 Å². The predicted octanol–water partition coefficient (Wildman–Crippen LogP) is 2.54. The van der Waals surface area contributed by atoms with Crippen molar-refractivity contribution in [1.82, 2.24) is 0 Å². The smallest absolute Gasteiger partial charge is 0.356 e. The first-order chi connectivity index (χ1) is 7.74. The zero-order valence-corrected chi connectivity index (χ0v) is 9.91. The quantitative estimate of drug-likeness (QED) is 0.747. The molecule has 5 heteroatoms. The van der Waals surface area contributed by atoms with Crippen LogP contribution in [0.4, 0.5) is 0 Å². The molecule has 0 saturated carbocycles. The van der Waals surface area contributed by atoms with Crippen LogP contribution in [0.25, 0.3) is 0 Å². The molecule has 1 aromatic carbocycles. The van der Waals surface area contributed by atoms with E-state index in [4.69, 9.17) is 21.3 Å². The Balaban J connectivity index is 3.05. The van der Waals surface area contributed by atoms with Crippen molar-refractivity contribution >= 4 is 17.8 Å². The summed E-state index contributed by atoms with van der Waals surface area (Å²) in [6.45, 7) is 2.05. The van der Waals surface area contributed by atoms with Crippen LogP contribution in [-0.4, -0.2) is 19.9 Å². The highest BCUT2D eigenvalue weighted by molar-refractivity contribution is 6.16. The lowest BCUT2D eigenvalue weighted by molar-refractivity contribution is 0.0501. The van der Waals surface area contributed by atoms with Gasteiger partial charge in [-0.25, -0.2) is 4.79 Å². The first-order valence-electron chi connectivity index (χ1n) is 4.81. The number of rotatable bonds is 5. The van der Waals surface area contributed by atoms with Crippen molar-refractivity contribution in [2.75, 3.05) is 13.9 Å². The van der Waals surface area contributed by atoms with E-state index in [1.807, 2.05) is 6.92 Å². The van der Waals surface area contributed by atoms with Gasteiger partial charge in [-0.2, -0.15) is 0 Å². The van der Waals surface area contributed by atoms with E-state index in [1.165, 1.54) is 7.11 Å². The van der Waals surface area contributed by atoms with Gasteiger partial charge in [-0.1, -0.05) is 13.0 Å². The zero-order chi connectivity index (χ0) is 12.0. The van der Waals surface area contributed by atoms with Gasteiger partial charge in [0.05, 0.1) is 5.56 Å². The standard InChI is InChI=1S/C11H13ClO4/c1-3-8-9(11(13)16-12)5-4-6-10(8)15-7-14-2/h4-6H,3,7H2,1-2H3. The molecule has 0 spiro atoms. The van der Waals surface area contributed by atoms with Gasteiger partial charge in [-0.3, -0.25) is 0 Å². The van der Waals surface area contributed by atoms with Gasteiger partial charge in [0.1, 0.15) is 17.6 Å². The van der Waals surface area contributed by atoms with Gasteiger partial charge >= 0.3 is 5.97 Å². The number of benzene rings is 1. The molecule has 0 aromatic heterocycles. The zero-order valence-electron chi connectivity index (χ0n) is 9.16. The second-order valence-corrected chi connectivity index (χ2v) is 3.21. The van der Waals surface area contributed by atoms with Gasteiger partial charge in [-0.05, 0) is 18.6 Å². The largest absolute Gasteiger partial charge is 0.467 e. The number of hydrogen-bond donors (Lipinski definition) is 0. The fraction of sp³-hybridized carbons (Fsp3) is 0.364. The number of carbonyl (C=O) groups excluding carboxylic acids is 1. The summed E-state index contributed by atoms with van der Waals surface area (Å²) in [6.07, 6.45) is 0.640. The second kappa shape index (κ2) is 6.35. The summed E-state index contributed by atoms with van der Waals surface area (Å²) in [7, 11) is 1.53. The maximum atomic E-state index is 11.4. The topological polar surface area (TPSA) is 44.8 Å². The van der Waals surface area contributed by atoms with Crippen molar-refractivity contribution in [2.24, 2.45) is 0 Å². The van der Waals surface area contributed by atoms with Crippen LogP contribution in [0.3, 0.4) is 0 Å². The Kier molecular flexibility index (Phi) is 5.08. The fourth-order valence-electron chi connectivity index (χ4n) is 1.42. The molecule has 0 aliphatic heterocycles. The summed E-state index contributed by atoms with van der Waals surface area (Å²) in [5.41, 5.74) is 1.16. The maximum absolute atomic E-state index is 11.4. The third kappa shape index (κ3) is 2.87. The summed E-state index contributed by atoms with van der Waals surface area (Å²) in [5, 5.41) is 0. The minimum Gasteiger partial charge on any atom is -0.467 e. The van der Waals surface area contributed by atoms with E-state index >= 15 is 0 Å². The summed E-state index contributed by atoms with van der Waals surface area (Å²) < 4.78 is 14.3. The van der Waals surface area contributed by atoms with Crippen molar-refractivity contribution in [1.29, 1.82) is 0 Å². The van der Waals surface area contributed by atoms with Crippen LogP contribution in [0.2, 0.25) is 0 Å². The molecule has 1 aromatic rings. The molecule has 0 bridgehead atoms. The molecular formula is C11H13ClO4. The normalized spacial score (nSPS) is 9.94. The van der Waals surface area contributed by atoms with Crippen LogP contribution in [0.5, 0.6) is 5.75 Å². The Morgan fingerprint density at radius 1 is 1.44 bits per heavy atom. The third-order valence-electron chi connectivity index (χ3n) is 2.11. The highest BCUT2D eigenvalue weighted by atomic mass is 35.5. The number of hydrogen-bond acceptors (Lipinski definition) is 4. The molecule has 4 nitrogen and oxygen atoms in total. The Morgan fingerprint density at radius 3 is 2.75 bits per heavy atom. The van der Waals surface area contributed by atoms with E-state index < -0.39 is 5.97 Å². The van der Waals surface area contributed by atoms with Crippen LogP contribution in [-0.2, 0) is 15.4 Å². The Morgan fingerprint density at radius 2 is 2.19 bits per heavy atom. The van der Waals surface area contributed by atoms with Crippen LogP contribution >= 0.6 is 11.9 Å². The van der Waals surface area contributed by atoms with Gasteiger partial charge in [-0.15, -0.1) is 0 Å². The lowest BCUT2D eigenvalue weighted by atomic mass is 10.0. The SMILES string of the molecule is CCc1c(OCOC)cccc1C(=O)OCl. The fourth-order valence-corrected chi connectivity index (χ4v) is 1.50. The van der Waals surface area contributed by atoms with Crippen LogP contribution in [0.15, 0.2) is 18.2 Å². The Labute approximate surface area is 99.2 Å². The van der Waals surface area contributed by atoms with Gasteiger partial charge < -0.3 is 13.8 Å². The lowest BCUT2D eigenvalue weighted by Gasteiger charge is -2.11. The predicted molar refractivity (Wildman–Crippen MR) is 59.6 cm³/mol. The van der Waals surface area contributed by atoms with Crippen molar-refractivity contribution < 1.29 is 18.6 Å². The monoisotopic (exact) mass is 244 g/mol. The molecule has 0 aliphatic rings. The minimum atomic E-state index is -0.582. The minimum absolute atomic E-state index is 0.131. The Hall–Kier alpha value is -1.26. The van der Waals surface area contributed by atoms with E-state index in [2.05, 4.69) is 4.29 Å². The summed E-state index contributed by atoms with van der Waals surface area (Å²) >= 11 is 5.06. The highest BCUT2D eigenvalue weighted by Gasteiger charge is 2.15. The molecule has 16 heavy (non-hydrogen) atoms. The molecule has 0 radical (unpaired) electrons. The van der Waals surface area contributed by atoms with Crippen LogP contribution in [0, 0.1) is 0 Å². The summed E-state index contributed by atoms with van der Waals surface area (Å²) in [6, 6.07) is 5.11. The molecule has 1 rings (SSSR count). The van der Waals surface area contributed by atoms with Crippen molar-refractivity contribution in [3.63, 3.8) is 0 Å². The Bertz CT molecular complexity index is 365. The van der Waals surface area contributed by atoms with Gasteiger partial charge in [0.25, 0.3) is 0 Å². The number of carbonyl (C=O) groups is 1. The average Bonchev–Trinajstić information content (AvgIpc) is 2.34. The van der Waals surface area contributed by atoms with Crippen molar-refractivity contribution in [3.05, 3.63) is 29.3 Å². The van der Waals surface area contributed by atoms with Gasteiger partial charge in [0.15, 0.2) is 6.79 Å². The lowest BCUT2D eigenvalue weighted by Crippen LogP contribution is -2.07. The molecule has 0 unspecified atom stereocenters. The molecular weight excluding hydrogens is 232 g/mol. The third-order valence-corrected chi connectivity index (χ3v) is 2.25. The molecule has 0 N–H and O–H groups in total. The molecule has 0 heterocycles. The van der Waals surface area contributed by atoms with E-state index in [0.29, 0.717) is 17.7 Å². The van der Waals surface area contributed by atoms with E-state index in [-0.39, 0.29) is 6.79 Å². The van der Waals surface area contributed by atoms with Crippen molar-refractivity contribution in [3.8, 4) is 5.75 Å². The molecule has 0 aliphatic carbocycles. The molecule has 88 valence electrons. The van der Waals surface area contributed by atoms with Crippen LogP contribution in [0.1, 0.15) is 22.8 Å². The molecule has 0 atom stereocenters. The van der Waals surface area contributed by atoms with Gasteiger partial charge in [0, 0.05) is 12.7 Å². The highest BCUT2D eigenvalue weighted by Crippen LogP contribution is 2.24. The summed E-state index contributed by atoms with van der Waals surface area (Å²) in [5.74, 6) is 0.0188. The maximum Gasteiger partial charge on any atom is 0.356 e.